The molecule has 2 saturated heterocycles. The molecule has 0 aromatic heterocycles. The summed E-state index contributed by atoms with van der Waals surface area (Å²) in [5.74, 6) is 0. The van der Waals surface area contributed by atoms with Gasteiger partial charge in [0.15, 0.2) is 0 Å². The highest BCUT2D eigenvalue weighted by Gasteiger charge is 2.41. The Bertz CT molecular complexity index is 120. The van der Waals surface area contributed by atoms with Crippen molar-refractivity contribution < 1.29 is 0 Å². The topological polar surface area (TPSA) is 3.24 Å². The van der Waals surface area contributed by atoms with Crippen molar-refractivity contribution >= 4 is 7.28 Å². The molecule has 0 atom stereocenters. The number of likely N-dealkylation sites (tertiary alicyclic amines) is 1. The summed E-state index contributed by atoms with van der Waals surface area (Å²) in [5, 5.41) is 0. The Morgan fingerprint density at radius 2 is 2.22 bits per heavy atom. The molecule has 0 N–H and O–H groups in total. The summed E-state index contributed by atoms with van der Waals surface area (Å²) in [6.07, 6.45) is 4.22. The van der Waals surface area contributed by atoms with Crippen molar-refractivity contribution in [3.63, 3.8) is 0 Å². The lowest BCUT2D eigenvalue weighted by molar-refractivity contribution is 0.313. The third-order valence-corrected chi connectivity index (χ3v) is 2.78. The molecule has 2 aliphatic heterocycles. The molecule has 1 nitrogen and oxygen atoms in total. The van der Waals surface area contributed by atoms with E-state index in [2.05, 4.69) is 19.2 Å². The largest absolute Gasteiger partial charge is 0.306 e. The van der Waals surface area contributed by atoms with Crippen LogP contribution in [0.4, 0.5) is 0 Å². The summed E-state index contributed by atoms with van der Waals surface area (Å²) >= 11 is 0. The lowest BCUT2D eigenvalue weighted by atomic mass is 9.42. The molecule has 0 aromatic carbocycles. The molecule has 2 heteroatoms. The maximum Gasteiger partial charge on any atom is 0.110 e. The van der Waals surface area contributed by atoms with Crippen LogP contribution in [0.5, 0.6) is 0 Å². The summed E-state index contributed by atoms with van der Waals surface area (Å²) in [6, 6.07) is 0. The van der Waals surface area contributed by atoms with Gasteiger partial charge >= 0.3 is 0 Å². The van der Waals surface area contributed by atoms with Crippen molar-refractivity contribution in [1.29, 1.82) is 0 Å². The van der Waals surface area contributed by atoms with Gasteiger partial charge in [0, 0.05) is 6.54 Å². The van der Waals surface area contributed by atoms with Crippen LogP contribution in [0.15, 0.2) is 0 Å². The Kier molecular flexibility index (Phi) is 1.13. The average Bonchev–Trinajstić information content (AvgIpc) is 2.09. The molecule has 2 fully saturated rings. The van der Waals surface area contributed by atoms with Crippen LogP contribution in [0.3, 0.4) is 0 Å². The first-order valence-corrected chi connectivity index (χ1v) is 3.81. The van der Waals surface area contributed by atoms with Crippen LogP contribution in [-0.4, -0.2) is 32.3 Å². The number of hydrogen-bond donors (Lipinski definition) is 0. The van der Waals surface area contributed by atoms with E-state index in [-0.39, 0.29) is 0 Å². The second-order valence-corrected chi connectivity index (χ2v) is 3.68. The molecule has 1 radical (unpaired) electrons. The van der Waals surface area contributed by atoms with Gasteiger partial charge < -0.3 is 4.90 Å². The fourth-order valence-electron chi connectivity index (χ4n) is 2.04. The van der Waals surface area contributed by atoms with Crippen LogP contribution >= 0.6 is 0 Å². The van der Waals surface area contributed by atoms with Crippen molar-refractivity contribution in [2.45, 2.75) is 19.1 Å². The van der Waals surface area contributed by atoms with Crippen LogP contribution in [0.1, 0.15) is 6.42 Å². The third kappa shape index (κ3) is 0.805. The summed E-state index contributed by atoms with van der Waals surface area (Å²) in [6.45, 7) is 2.68. The van der Waals surface area contributed by atoms with Crippen molar-refractivity contribution in [2.24, 2.45) is 5.41 Å². The summed E-state index contributed by atoms with van der Waals surface area (Å²) in [5.41, 5.74) is 0.759. The zero-order valence-electron chi connectivity index (χ0n) is 6.06. The Morgan fingerprint density at radius 3 is 2.44 bits per heavy atom. The van der Waals surface area contributed by atoms with E-state index in [9.17, 15) is 0 Å². The molecule has 0 saturated carbocycles. The van der Waals surface area contributed by atoms with Crippen LogP contribution < -0.4 is 0 Å². The summed E-state index contributed by atoms with van der Waals surface area (Å²) < 4.78 is 0. The van der Waals surface area contributed by atoms with Gasteiger partial charge in [-0.2, -0.15) is 0 Å². The third-order valence-electron chi connectivity index (χ3n) is 2.78. The van der Waals surface area contributed by atoms with E-state index < -0.39 is 0 Å². The lowest BCUT2D eigenvalue weighted by Gasteiger charge is -2.37. The Morgan fingerprint density at radius 1 is 1.44 bits per heavy atom. The van der Waals surface area contributed by atoms with Crippen molar-refractivity contribution in [3.05, 3.63) is 0 Å². The van der Waals surface area contributed by atoms with Crippen molar-refractivity contribution in [2.75, 3.05) is 20.1 Å². The highest BCUT2D eigenvalue weighted by atomic mass is 15.1. The number of hydrogen-bond acceptors (Lipinski definition) is 1. The van der Waals surface area contributed by atoms with E-state index in [1.54, 1.807) is 0 Å². The average molecular weight is 122 g/mol. The van der Waals surface area contributed by atoms with Gasteiger partial charge in [0.25, 0.3) is 0 Å². The van der Waals surface area contributed by atoms with E-state index in [0.29, 0.717) is 0 Å². The van der Waals surface area contributed by atoms with E-state index in [4.69, 9.17) is 0 Å². The molecule has 0 amide bonds. The minimum atomic E-state index is 0.759. The molecule has 9 heavy (non-hydrogen) atoms. The molecular formula is C7H13BN. The van der Waals surface area contributed by atoms with Gasteiger partial charge in [0.2, 0.25) is 0 Å². The first-order valence-electron chi connectivity index (χ1n) is 3.81. The molecule has 2 rings (SSSR count). The molecule has 2 heterocycles. The highest BCUT2D eigenvalue weighted by molar-refractivity contribution is 6.40. The monoisotopic (exact) mass is 122 g/mol. The van der Waals surface area contributed by atoms with Crippen LogP contribution in [-0.2, 0) is 0 Å². The standard InChI is InChI=1S/C7H13BN/c1-9-3-2-7(6-9)4-8-5-7/h2-6H2,1H3. The minimum absolute atomic E-state index is 0.759. The van der Waals surface area contributed by atoms with Gasteiger partial charge in [-0.15, -0.1) is 0 Å². The van der Waals surface area contributed by atoms with Gasteiger partial charge in [0.05, 0.1) is 0 Å². The molecule has 0 aromatic rings. The molecule has 0 bridgehead atoms. The molecule has 49 valence electrons. The summed E-state index contributed by atoms with van der Waals surface area (Å²) in [4.78, 5) is 2.45. The SMILES string of the molecule is CN1CCC2(C[B]C2)C1. The first kappa shape index (κ1) is 5.78. The number of nitrogens with zero attached hydrogens (tertiary/aromatic N) is 1. The van der Waals surface area contributed by atoms with Crippen molar-refractivity contribution in [1.82, 2.24) is 4.90 Å². The Labute approximate surface area is 57.7 Å². The second-order valence-electron chi connectivity index (χ2n) is 3.68. The predicted molar refractivity (Wildman–Crippen MR) is 39.9 cm³/mol. The minimum Gasteiger partial charge on any atom is -0.306 e. The highest BCUT2D eigenvalue weighted by Crippen LogP contribution is 2.44. The molecule has 0 unspecified atom stereocenters. The van der Waals surface area contributed by atoms with Crippen LogP contribution in [0.2, 0.25) is 12.6 Å². The smallest absolute Gasteiger partial charge is 0.110 e. The van der Waals surface area contributed by atoms with Crippen LogP contribution in [0, 0.1) is 5.41 Å². The number of rotatable bonds is 0. The van der Waals surface area contributed by atoms with Crippen LogP contribution in [0.25, 0.3) is 0 Å². The van der Waals surface area contributed by atoms with Crippen molar-refractivity contribution in [3.8, 4) is 0 Å². The second kappa shape index (κ2) is 1.75. The zero-order chi connectivity index (χ0) is 6.32. The normalized spacial score (nSPS) is 32.1. The molecule has 1 spiro atoms. The molecule has 0 aliphatic carbocycles. The van der Waals surface area contributed by atoms with E-state index >= 15 is 0 Å². The van der Waals surface area contributed by atoms with Gasteiger partial charge in [0.1, 0.15) is 7.28 Å². The summed E-state index contributed by atoms with van der Waals surface area (Å²) in [7, 11) is 4.65. The maximum atomic E-state index is 2.45. The molecule has 2 aliphatic rings. The van der Waals surface area contributed by atoms with E-state index in [1.807, 2.05) is 0 Å². The maximum absolute atomic E-state index is 2.45. The van der Waals surface area contributed by atoms with Gasteiger partial charge in [-0.25, -0.2) is 0 Å². The van der Waals surface area contributed by atoms with Gasteiger partial charge in [-0.1, -0.05) is 12.6 Å². The Balaban J connectivity index is 1.99. The predicted octanol–water partition coefficient (Wildman–Crippen LogP) is 0.863. The fourth-order valence-corrected chi connectivity index (χ4v) is 2.04. The van der Waals surface area contributed by atoms with Gasteiger partial charge in [-0.05, 0) is 25.4 Å². The fraction of sp³-hybridized carbons (Fsp3) is 1.00. The Hall–Kier alpha value is 0.0249. The zero-order valence-corrected chi connectivity index (χ0v) is 6.06. The quantitative estimate of drug-likeness (QED) is 0.430. The first-order chi connectivity index (χ1) is 4.31. The lowest BCUT2D eigenvalue weighted by Crippen LogP contribution is -2.35. The van der Waals surface area contributed by atoms with E-state index in [0.717, 1.165) is 5.41 Å². The molecular weight excluding hydrogens is 109 g/mol. The van der Waals surface area contributed by atoms with E-state index in [1.165, 1.54) is 32.2 Å². The van der Waals surface area contributed by atoms with Gasteiger partial charge in [-0.3, -0.25) is 0 Å².